The van der Waals surface area contributed by atoms with Crippen LogP contribution in [0.15, 0.2) is 41.4 Å². The zero-order valence-electron chi connectivity index (χ0n) is 20.5. The summed E-state index contributed by atoms with van der Waals surface area (Å²) in [5.74, 6) is 0.986. The topological polar surface area (TPSA) is 98.5 Å². The molecule has 38 heavy (non-hydrogen) atoms. The van der Waals surface area contributed by atoms with E-state index in [2.05, 4.69) is 21.5 Å². The molecule has 1 unspecified atom stereocenters. The number of halogens is 3. The average Bonchev–Trinajstić information content (AvgIpc) is 3.48. The summed E-state index contributed by atoms with van der Waals surface area (Å²) in [6.07, 6.45) is -1.84. The number of carboxylic acids is 1. The minimum Gasteiger partial charge on any atom is -0.481 e. The number of ether oxygens (including phenoxy) is 2. The van der Waals surface area contributed by atoms with Crippen molar-refractivity contribution < 1.29 is 32.5 Å². The largest absolute Gasteiger partial charge is 0.481 e. The molecular formula is C26H27F3N4O4S. The molecule has 0 spiro atoms. The molecule has 2 N–H and O–H groups in total. The normalized spacial score (nSPS) is 15.1. The third-order valence-corrected chi connectivity index (χ3v) is 7.46. The first-order valence-corrected chi connectivity index (χ1v) is 13.3. The number of benzene rings is 1. The Balaban J connectivity index is 1.31. The zero-order chi connectivity index (χ0) is 26.7. The number of rotatable bonds is 10. The van der Waals surface area contributed by atoms with E-state index in [1.807, 2.05) is 6.07 Å². The average molecular weight is 549 g/mol. The summed E-state index contributed by atoms with van der Waals surface area (Å²) < 4.78 is 51.6. The number of aromatic nitrogens is 3. The second-order valence-corrected chi connectivity index (χ2v) is 10.4. The second kappa shape index (κ2) is 11.1. The number of hydrogen-bond donors (Lipinski definition) is 2. The fourth-order valence-corrected chi connectivity index (χ4v) is 5.65. The molecule has 0 saturated carbocycles. The van der Waals surface area contributed by atoms with Crippen LogP contribution in [0.2, 0.25) is 0 Å². The van der Waals surface area contributed by atoms with Crippen LogP contribution in [0.25, 0.3) is 0 Å². The number of carbonyl (C=O) groups is 1. The summed E-state index contributed by atoms with van der Waals surface area (Å²) in [6.45, 7) is -0.251. The number of fused-ring (bicyclic) bond motifs is 2. The molecule has 1 aromatic carbocycles. The van der Waals surface area contributed by atoms with Crippen LogP contribution in [0.1, 0.15) is 41.3 Å². The number of aryl methyl sites for hydroxylation is 2. The van der Waals surface area contributed by atoms with Crippen LogP contribution in [0.5, 0.6) is 11.5 Å². The zero-order valence-corrected chi connectivity index (χ0v) is 21.3. The minimum absolute atomic E-state index is 0.0856. The first-order valence-electron chi connectivity index (χ1n) is 12.3. The van der Waals surface area contributed by atoms with E-state index in [1.165, 1.54) is 17.3 Å². The standard InChI is InChI=1S/C26H27F3N4O4S/c27-26(28,29)14-33-23(38-9-7-19-5-3-16-2-1-8-30-25(16)31-19)13-20(32-33)10-18(12-24(34)35)17-4-6-21-22(11-17)37-15-36-21/h3-6,11,13,18H,1-2,7-10,12,14-15H2,(H,30,31)(H,34,35). The molecule has 4 heterocycles. The Labute approximate surface area is 221 Å². The number of hydrogen-bond acceptors (Lipinski definition) is 7. The number of aliphatic carboxylic acids is 1. The third-order valence-electron chi connectivity index (χ3n) is 6.43. The van der Waals surface area contributed by atoms with Crippen LogP contribution >= 0.6 is 11.8 Å². The number of anilines is 1. The van der Waals surface area contributed by atoms with E-state index in [0.717, 1.165) is 35.6 Å². The second-order valence-electron chi connectivity index (χ2n) is 9.30. The number of carboxylic acid groups (broad SMARTS) is 1. The van der Waals surface area contributed by atoms with Crippen molar-refractivity contribution in [1.82, 2.24) is 14.8 Å². The fourth-order valence-electron chi connectivity index (χ4n) is 4.66. The highest BCUT2D eigenvalue weighted by Crippen LogP contribution is 2.37. The molecule has 1 atom stereocenters. The summed E-state index contributed by atoms with van der Waals surface area (Å²) in [6, 6.07) is 10.8. The van der Waals surface area contributed by atoms with Gasteiger partial charge in [-0.1, -0.05) is 12.1 Å². The molecule has 0 radical (unpaired) electrons. The predicted molar refractivity (Wildman–Crippen MR) is 135 cm³/mol. The first kappa shape index (κ1) is 26.2. The molecule has 0 saturated heterocycles. The Bertz CT molecular complexity index is 1310. The molecule has 0 bridgehead atoms. The Morgan fingerprint density at radius 2 is 2.00 bits per heavy atom. The van der Waals surface area contributed by atoms with Crippen molar-refractivity contribution in [2.45, 2.75) is 55.8 Å². The van der Waals surface area contributed by atoms with Gasteiger partial charge >= 0.3 is 12.1 Å². The van der Waals surface area contributed by atoms with Crippen molar-refractivity contribution in [2.24, 2.45) is 0 Å². The fraction of sp³-hybridized carbons (Fsp3) is 0.423. The van der Waals surface area contributed by atoms with E-state index in [-0.39, 0.29) is 19.6 Å². The Morgan fingerprint density at radius 1 is 1.16 bits per heavy atom. The maximum Gasteiger partial charge on any atom is 0.408 e. The Hall–Kier alpha value is -3.41. The number of nitrogens with one attached hydrogen (secondary N) is 1. The van der Waals surface area contributed by atoms with Gasteiger partial charge in [-0.25, -0.2) is 9.67 Å². The van der Waals surface area contributed by atoms with E-state index >= 15 is 0 Å². The number of pyridine rings is 1. The van der Waals surface area contributed by atoms with E-state index in [1.54, 1.807) is 24.3 Å². The lowest BCUT2D eigenvalue weighted by atomic mass is 9.91. The van der Waals surface area contributed by atoms with Gasteiger partial charge in [-0.2, -0.15) is 18.3 Å². The minimum atomic E-state index is -4.44. The summed E-state index contributed by atoms with van der Waals surface area (Å²) in [5.41, 5.74) is 3.15. The van der Waals surface area contributed by atoms with E-state index in [0.29, 0.717) is 40.0 Å². The highest BCUT2D eigenvalue weighted by Gasteiger charge is 2.30. The molecule has 202 valence electrons. The van der Waals surface area contributed by atoms with Gasteiger partial charge in [-0.15, -0.1) is 11.8 Å². The van der Waals surface area contributed by atoms with Gasteiger partial charge in [0.15, 0.2) is 11.5 Å². The molecule has 8 nitrogen and oxygen atoms in total. The van der Waals surface area contributed by atoms with Crippen LogP contribution in [0, 0.1) is 0 Å². The van der Waals surface area contributed by atoms with E-state index < -0.39 is 24.6 Å². The molecule has 2 aromatic heterocycles. The number of thioether (sulfide) groups is 1. The lowest BCUT2D eigenvalue weighted by Gasteiger charge is -2.17. The van der Waals surface area contributed by atoms with Crippen molar-refractivity contribution >= 4 is 23.5 Å². The molecule has 2 aliphatic rings. The predicted octanol–water partition coefficient (Wildman–Crippen LogP) is 5.06. The van der Waals surface area contributed by atoms with Crippen molar-refractivity contribution in [1.29, 1.82) is 0 Å². The van der Waals surface area contributed by atoms with Gasteiger partial charge in [0.2, 0.25) is 6.79 Å². The molecule has 0 aliphatic carbocycles. The molecule has 0 amide bonds. The van der Waals surface area contributed by atoms with Gasteiger partial charge in [-0.05, 0) is 61.1 Å². The molecule has 2 aliphatic heterocycles. The van der Waals surface area contributed by atoms with E-state index in [9.17, 15) is 23.1 Å². The number of nitrogens with zero attached hydrogens (tertiary/aromatic N) is 3. The van der Waals surface area contributed by atoms with Gasteiger partial charge in [0.05, 0.1) is 17.1 Å². The Kier molecular flexibility index (Phi) is 7.68. The third kappa shape index (κ3) is 6.53. The highest BCUT2D eigenvalue weighted by atomic mass is 32.2. The van der Waals surface area contributed by atoms with Crippen molar-refractivity contribution in [3.05, 3.63) is 58.9 Å². The van der Waals surface area contributed by atoms with Crippen molar-refractivity contribution in [3.8, 4) is 11.5 Å². The summed E-state index contributed by atoms with van der Waals surface area (Å²) >= 11 is 1.28. The lowest BCUT2D eigenvalue weighted by Crippen LogP contribution is -2.19. The summed E-state index contributed by atoms with van der Waals surface area (Å²) in [5, 5.41) is 17.4. The molecule has 3 aromatic rings. The van der Waals surface area contributed by atoms with Gasteiger partial charge < -0.3 is 19.9 Å². The van der Waals surface area contributed by atoms with Crippen LogP contribution in [-0.2, 0) is 30.6 Å². The van der Waals surface area contributed by atoms with Gasteiger partial charge in [0.25, 0.3) is 0 Å². The van der Waals surface area contributed by atoms with Crippen molar-refractivity contribution in [2.75, 3.05) is 24.4 Å². The maximum atomic E-state index is 13.3. The van der Waals surface area contributed by atoms with Crippen LogP contribution < -0.4 is 14.8 Å². The van der Waals surface area contributed by atoms with Crippen LogP contribution in [-0.4, -0.2) is 51.1 Å². The van der Waals surface area contributed by atoms with Gasteiger partial charge in [-0.3, -0.25) is 4.79 Å². The molecule has 5 rings (SSSR count). The number of alkyl halides is 3. The summed E-state index contributed by atoms with van der Waals surface area (Å²) in [7, 11) is 0. The maximum absolute atomic E-state index is 13.3. The van der Waals surface area contributed by atoms with Crippen LogP contribution in [0.3, 0.4) is 0 Å². The van der Waals surface area contributed by atoms with E-state index in [4.69, 9.17) is 9.47 Å². The molecular weight excluding hydrogens is 521 g/mol. The van der Waals surface area contributed by atoms with Crippen molar-refractivity contribution in [3.63, 3.8) is 0 Å². The van der Waals surface area contributed by atoms with Crippen LogP contribution in [0.4, 0.5) is 19.0 Å². The van der Waals surface area contributed by atoms with Gasteiger partial charge in [0.1, 0.15) is 12.4 Å². The summed E-state index contributed by atoms with van der Waals surface area (Å²) in [4.78, 5) is 16.2. The first-order chi connectivity index (χ1) is 18.2. The van der Waals surface area contributed by atoms with Gasteiger partial charge in [0, 0.05) is 23.9 Å². The smallest absolute Gasteiger partial charge is 0.408 e. The molecule has 0 fully saturated rings. The monoisotopic (exact) mass is 548 g/mol. The highest BCUT2D eigenvalue weighted by molar-refractivity contribution is 7.99. The molecule has 12 heteroatoms. The quantitative estimate of drug-likeness (QED) is 0.339. The SMILES string of the molecule is O=C(O)CC(Cc1cc(SCCc2ccc3c(n2)NCCC3)n(CC(F)(F)F)n1)c1ccc2c(c1)OCO2. The Morgan fingerprint density at radius 3 is 2.82 bits per heavy atom. The lowest BCUT2D eigenvalue weighted by molar-refractivity contribution is -0.144.